The average Bonchev–Trinajstić information content (AvgIpc) is 2.90. The van der Waals surface area contributed by atoms with E-state index in [2.05, 4.69) is 84.8 Å². The van der Waals surface area contributed by atoms with Crippen molar-refractivity contribution in [3.05, 3.63) is 110 Å². The summed E-state index contributed by atoms with van der Waals surface area (Å²) in [6, 6.07) is 12.3. The van der Waals surface area contributed by atoms with Gasteiger partial charge in [-0.25, -0.2) is 0 Å². The molecule has 0 spiro atoms. The van der Waals surface area contributed by atoms with Crippen molar-refractivity contribution in [1.29, 1.82) is 0 Å². The Kier molecular flexibility index (Phi) is 11.6. The standard InChI is InChI=1S/C31H44N6/c1-9-15-30(24(5)34-11-3)37(8)25(6)28-16-14-18-31(27(28)10-2)36(7)22-26(32)21-33-20-23(4)29-17-12-13-19-35-29/h10-14,16-19,21,23,30,33-34H,2-3,5-6,9,15,20,22,32H2,1,4,7-8H3/b26-21-. The SMILES string of the molecule is C=CNC(=C)C(CCC)N(C)C(=C)c1cccc(N(C)C/C(N)=C/NCC(C)c2ccccn2)c1C=C. The maximum atomic E-state index is 6.37. The number of pyridine rings is 1. The fourth-order valence-electron chi connectivity index (χ4n) is 4.38. The summed E-state index contributed by atoms with van der Waals surface area (Å²) in [6.45, 7) is 22.2. The van der Waals surface area contributed by atoms with E-state index >= 15 is 0 Å². The Balaban J connectivity index is 2.16. The predicted octanol–water partition coefficient (Wildman–Crippen LogP) is 5.67. The minimum absolute atomic E-state index is 0.0904. The Morgan fingerprint density at radius 2 is 1.89 bits per heavy atom. The second-order valence-corrected chi connectivity index (χ2v) is 9.32. The zero-order valence-electron chi connectivity index (χ0n) is 23.0. The molecule has 6 nitrogen and oxygen atoms in total. The second-order valence-electron chi connectivity index (χ2n) is 9.32. The van der Waals surface area contributed by atoms with Gasteiger partial charge >= 0.3 is 0 Å². The highest BCUT2D eigenvalue weighted by atomic mass is 15.2. The van der Waals surface area contributed by atoms with Crippen molar-refractivity contribution in [1.82, 2.24) is 20.5 Å². The summed E-state index contributed by atoms with van der Waals surface area (Å²) >= 11 is 0. The number of rotatable bonds is 16. The zero-order chi connectivity index (χ0) is 27.4. The molecule has 2 atom stereocenters. The van der Waals surface area contributed by atoms with Gasteiger partial charge < -0.3 is 26.2 Å². The molecule has 0 fully saturated rings. The third kappa shape index (κ3) is 8.04. The zero-order valence-corrected chi connectivity index (χ0v) is 23.0. The largest absolute Gasteiger partial charge is 0.399 e. The van der Waals surface area contributed by atoms with Crippen LogP contribution >= 0.6 is 0 Å². The first-order chi connectivity index (χ1) is 17.7. The van der Waals surface area contributed by atoms with Crippen LogP contribution in [0.1, 0.15) is 49.4 Å². The average molecular weight is 501 g/mol. The van der Waals surface area contributed by atoms with Crippen molar-refractivity contribution in [3.63, 3.8) is 0 Å². The number of benzene rings is 1. The van der Waals surface area contributed by atoms with Gasteiger partial charge in [0.25, 0.3) is 0 Å². The smallest absolute Gasteiger partial charge is 0.0682 e. The Bertz CT molecular complexity index is 1090. The van der Waals surface area contributed by atoms with Gasteiger partial charge in [0.2, 0.25) is 0 Å². The van der Waals surface area contributed by atoms with Gasteiger partial charge in [-0.3, -0.25) is 4.98 Å². The molecule has 2 unspecified atom stereocenters. The maximum absolute atomic E-state index is 6.37. The number of anilines is 1. The molecular formula is C31H44N6. The van der Waals surface area contributed by atoms with Crippen LogP contribution in [0.4, 0.5) is 5.69 Å². The van der Waals surface area contributed by atoms with Crippen LogP contribution in [0.15, 0.2) is 92.7 Å². The van der Waals surface area contributed by atoms with E-state index in [0.717, 1.165) is 59.0 Å². The van der Waals surface area contributed by atoms with Crippen molar-refractivity contribution in [2.75, 3.05) is 32.1 Å². The van der Waals surface area contributed by atoms with E-state index < -0.39 is 0 Å². The fourth-order valence-corrected chi connectivity index (χ4v) is 4.38. The van der Waals surface area contributed by atoms with Gasteiger partial charge in [-0.1, -0.05) is 70.9 Å². The van der Waals surface area contributed by atoms with Gasteiger partial charge in [0.1, 0.15) is 0 Å². The molecule has 0 bridgehead atoms. The highest BCUT2D eigenvalue weighted by Crippen LogP contribution is 2.32. The van der Waals surface area contributed by atoms with Crippen molar-refractivity contribution in [2.24, 2.45) is 5.73 Å². The summed E-state index contributed by atoms with van der Waals surface area (Å²) in [5.41, 5.74) is 13.1. The van der Waals surface area contributed by atoms with Crippen LogP contribution in [0.3, 0.4) is 0 Å². The first-order valence-electron chi connectivity index (χ1n) is 12.8. The van der Waals surface area contributed by atoms with E-state index in [1.54, 1.807) is 6.20 Å². The number of nitrogens with one attached hydrogen (secondary N) is 2. The summed E-state index contributed by atoms with van der Waals surface area (Å²) in [4.78, 5) is 8.73. The molecule has 0 amide bonds. The topological polar surface area (TPSA) is 69.5 Å². The molecule has 0 aliphatic heterocycles. The summed E-state index contributed by atoms with van der Waals surface area (Å²) in [5, 5.41) is 6.50. The molecule has 1 aromatic heterocycles. The summed E-state index contributed by atoms with van der Waals surface area (Å²) in [7, 11) is 4.09. The lowest BCUT2D eigenvalue weighted by molar-refractivity contribution is 0.359. The van der Waals surface area contributed by atoms with Gasteiger partial charge in [0.05, 0.1) is 12.6 Å². The maximum Gasteiger partial charge on any atom is 0.0682 e. The molecule has 0 saturated heterocycles. The lowest BCUT2D eigenvalue weighted by atomic mass is 9.99. The summed E-state index contributed by atoms with van der Waals surface area (Å²) in [5.74, 6) is 0.282. The van der Waals surface area contributed by atoms with E-state index in [0.29, 0.717) is 6.54 Å². The van der Waals surface area contributed by atoms with Crippen molar-refractivity contribution >= 4 is 17.5 Å². The Morgan fingerprint density at radius 3 is 2.51 bits per heavy atom. The Hall–Kier alpha value is -3.93. The molecule has 6 heteroatoms. The second kappa shape index (κ2) is 14.6. The highest BCUT2D eigenvalue weighted by molar-refractivity contribution is 5.80. The van der Waals surface area contributed by atoms with E-state index in [1.807, 2.05) is 49.8 Å². The number of nitrogens with two attached hydrogens (primary N) is 1. The quantitative estimate of drug-likeness (QED) is 0.276. The Morgan fingerprint density at radius 1 is 1.14 bits per heavy atom. The molecule has 0 aliphatic rings. The molecule has 2 aromatic rings. The third-order valence-electron chi connectivity index (χ3n) is 6.48. The molecule has 2 rings (SSSR count). The predicted molar refractivity (Wildman–Crippen MR) is 161 cm³/mol. The van der Waals surface area contributed by atoms with E-state index in [9.17, 15) is 0 Å². The molecule has 198 valence electrons. The number of nitrogens with zero attached hydrogens (tertiary/aromatic N) is 3. The van der Waals surface area contributed by atoms with Crippen LogP contribution in [0.5, 0.6) is 0 Å². The first kappa shape index (κ1) is 29.3. The fraction of sp³-hybridized carbons (Fsp3) is 0.323. The van der Waals surface area contributed by atoms with Crippen LogP contribution in [0.2, 0.25) is 0 Å². The molecule has 1 aromatic carbocycles. The van der Waals surface area contributed by atoms with E-state index in [-0.39, 0.29) is 12.0 Å². The molecule has 4 N–H and O–H groups in total. The van der Waals surface area contributed by atoms with Gasteiger partial charge in [-0.15, -0.1) is 0 Å². The van der Waals surface area contributed by atoms with E-state index in [4.69, 9.17) is 5.73 Å². The van der Waals surface area contributed by atoms with Gasteiger partial charge in [-0.05, 0) is 30.8 Å². The number of likely N-dealkylation sites (N-methyl/N-ethyl adjacent to an activating group) is 2. The molecule has 0 saturated carbocycles. The van der Waals surface area contributed by atoms with Crippen LogP contribution in [0.25, 0.3) is 11.8 Å². The lowest BCUT2D eigenvalue weighted by Gasteiger charge is -2.34. The number of hydrogen-bond acceptors (Lipinski definition) is 6. The number of hydrogen-bond donors (Lipinski definition) is 3. The molecule has 0 radical (unpaired) electrons. The van der Waals surface area contributed by atoms with Crippen molar-refractivity contribution in [2.45, 2.75) is 38.6 Å². The number of aromatic nitrogens is 1. The summed E-state index contributed by atoms with van der Waals surface area (Å²) in [6.07, 6.45) is 9.23. The molecule has 0 aliphatic carbocycles. The third-order valence-corrected chi connectivity index (χ3v) is 6.48. The Labute approximate surface area is 224 Å². The molecular weight excluding hydrogens is 456 g/mol. The van der Waals surface area contributed by atoms with Crippen molar-refractivity contribution in [3.8, 4) is 0 Å². The monoisotopic (exact) mass is 500 g/mol. The normalized spacial score (nSPS) is 12.7. The van der Waals surface area contributed by atoms with Crippen LogP contribution in [-0.4, -0.2) is 43.1 Å². The minimum Gasteiger partial charge on any atom is -0.399 e. The van der Waals surface area contributed by atoms with Crippen molar-refractivity contribution < 1.29 is 0 Å². The minimum atomic E-state index is 0.0904. The van der Waals surface area contributed by atoms with Gasteiger partial charge in [-0.2, -0.15) is 0 Å². The van der Waals surface area contributed by atoms with Gasteiger partial charge in [0, 0.05) is 78.6 Å². The molecule has 37 heavy (non-hydrogen) atoms. The van der Waals surface area contributed by atoms with E-state index in [1.165, 1.54) is 0 Å². The van der Waals surface area contributed by atoms with Gasteiger partial charge in [0.15, 0.2) is 0 Å². The molecule has 1 heterocycles. The lowest BCUT2D eigenvalue weighted by Crippen LogP contribution is -2.35. The van der Waals surface area contributed by atoms with Crippen LogP contribution < -0.4 is 21.3 Å². The summed E-state index contributed by atoms with van der Waals surface area (Å²) < 4.78 is 0. The van der Waals surface area contributed by atoms with Crippen LogP contribution in [0, 0.1) is 0 Å². The highest BCUT2D eigenvalue weighted by Gasteiger charge is 2.21. The van der Waals surface area contributed by atoms with Crippen LogP contribution in [-0.2, 0) is 0 Å². The first-order valence-corrected chi connectivity index (χ1v) is 12.8.